The summed E-state index contributed by atoms with van der Waals surface area (Å²) in [5, 5.41) is 0. The van der Waals surface area contributed by atoms with Gasteiger partial charge in [-0.15, -0.1) is 0 Å². The molecule has 0 saturated heterocycles. The van der Waals surface area contributed by atoms with E-state index in [9.17, 15) is 13.3 Å². The molecule has 0 bridgehead atoms. The van der Waals surface area contributed by atoms with E-state index in [1.165, 1.54) is 18.3 Å². The van der Waals surface area contributed by atoms with E-state index in [1.54, 1.807) is 18.2 Å². The zero-order valence-corrected chi connectivity index (χ0v) is 13.6. The van der Waals surface area contributed by atoms with Gasteiger partial charge in [-0.3, -0.25) is 0 Å². The predicted octanol–water partition coefficient (Wildman–Crippen LogP) is 4.25. The summed E-state index contributed by atoms with van der Waals surface area (Å²) < 4.78 is 43.7. The smallest absolute Gasteiger partial charge is 0.297 e. The second kappa shape index (κ2) is 7.58. The molecule has 0 saturated carbocycles. The molecule has 2 N–H and O–H groups in total. The zero-order chi connectivity index (χ0) is 16.1. The first kappa shape index (κ1) is 16.7. The largest absolute Gasteiger partial charge is 0.472 e. The quantitative estimate of drug-likeness (QED) is 0.454. The van der Waals surface area contributed by atoms with Crippen molar-refractivity contribution in [2.45, 2.75) is 13.0 Å². The summed E-state index contributed by atoms with van der Waals surface area (Å²) in [7, 11) is -0.402. The summed E-state index contributed by atoms with van der Waals surface area (Å²) in [6.45, 7) is -0.0588. The van der Waals surface area contributed by atoms with Gasteiger partial charge in [0.15, 0.2) is 0 Å². The molecule has 9 heteroatoms. The summed E-state index contributed by atoms with van der Waals surface area (Å²) in [6.07, 6.45) is -1.32. The molecule has 1 aromatic carbocycles. The third kappa shape index (κ3) is 3.76. The number of hydrogen-bond donors (Lipinski definition) is 1. The van der Waals surface area contributed by atoms with Crippen molar-refractivity contribution in [3.8, 4) is 5.88 Å². The van der Waals surface area contributed by atoms with Crippen molar-refractivity contribution in [2.24, 2.45) is 5.84 Å². The molecule has 5 nitrogen and oxygen atoms in total. The van der Waals surface area contributed by atoms with Gasteiger partial charge in [0, 0.05) is 16.2 Å². The predicted molar refractivity (Wildman–Crippen MR) is 81.9 cm³/mol. The van der Waals surface area contributed by atoms with Gasteiger partial charge in [0.1, 0.15) is 6.61 Å². The van der Waals surface area contributed by atoms with Crippen LogP contribution in [0.4, 0.5) is 14.5 Å². The Balaban J connectivity index is 2.28. The van der Waals surface area contributed by atoms with E-state index in [4.69, 9.17) is 10.6 Å². The van der Waals surface area contributed by atoms with E-state index in [-0.39, 0.29) is 18.1 Å². The highest BCUT2D eigenvalue weighted by Gasteiger charge is 2.17. The Hall–Kier alpha value is -1.63. The first-order valence-corrected chi connectivity index (χ1v) is 7.61. The van der Waals surface area contributed by atoms with Gasteiger partial charge in [-0.1, -0.05) is 22.0 Å². The average molecular weight is 390 g/mol. The van der Waals surface area contributed by atoms with Gasteiger partial charge in [0.05, 0.1) is 11.3 Å². The molecule has 0 spiro atoms. The highest BCUT2D eigenvalue weighted by Crippen LogP contribution is 2.32. The number of anilines is 1. The number of rotatable bonds is 6. The average Bonchev–Trinajstić information content (AvgIpc) is 2.53. The van der Waals surface area contributed by atoms with Gasteiger partial charge < -0.3 is 4.74 Å². The number of alkyl halides is 2. The van der Waals surface area contributed by atoms with Crippen LogP contribution in [0.15, 0.2) is 41.0 Å². The fourth-order valence-corrected chi connectivity index (χ4v) is 2.52. The van der Waals surface area contributed by atoms with Crippen molar-refractivity contribution in [3.05, 3.63) is 52.1 Å². The van der Waals surface area contributed by atoms with Crippen LogP contribution in [0.2, 0.25) is 0 Å². The Kier molecular flexibility index (Phi) is 5.76. The molecule has 0 amide bonds. The van der Waals surface area contributed by atoms with Crippen LogP contribution in [-0.2, 0) is 11.2 Å². The van der Waals surface area contributed by atoms with E-state index in [1.807, 2.05) is 0 Å². The number of nitrogens with zero attached hydrogens (tertiary/aromatic N) is 2. The number of hydrogen-bond acceptors (Lipinski definition) is 4. The minimum Gasteiger partial charge on any atom is -0.472 e. The molecule has 1 heterocycles. The molecule has 0 aliphatic heterocycles. The lowest BCUT2D eigenvalue weighted by Gasteiger charge is -2.17. The molecule has 2 aromatic rings. The topological polar surface area (TPSA) is 68.5 Å². The third-order valence-electron chi connectivity index (χ3n) is 2.82. The SMILES string of the molecule is NN(P=O)c1cccc(Br)c1COc1ncccc1C(F)F. The summed E-state index contributed by atoms with van der Waals surface area (Å²) in [6, 6.07) is 7.75. The minimum absolute atomic E-state index is 0.0588. The first-order valence-electron chi connectivity index (χ1n) is 6.06. The Bertz CT molecular complexity index is 675. The lowest BCUT2D eigenvalue weighted by atomic mass is 10.2. The van der Waals surface area contributed by atoms with Crippen molar-refractivity contribution < 1.29 is 18.1 Å². The maximum Gasteiger partial charge on any atom is 0.297 e. The lowest BCUT2D eigenvalue weighted by molar-refractivity contribution is 0.143. The molecule has 0 aliphatic carbocycles. The number of hydrazine groups is 1. The molecule has 22 heavy (non-hydrogen) atoms. The van der Waals surface area contributed by atoms with Crippen LogP contribution in [0.5, 0.6) is 5.88 Å². The van der Waals surface area contributed by atoms with Crippen LogP contribution in [0.3, 0.4) is 0 Å². The number of benzene rings is 1. The van der Waals surface area contributed by atoms with E-state index >= 15 is 0 Å². The van der Waals surface area contributed by atoms with Crippen molar-refractivity contribution in [1.82, 2.24) is 4.98 Å². The van der Waals surface area contributed by atoms with E-state index in [0.29, 0.717) is 15.7 Å². The highest BCUT2D eigenvalue weighted by atomic mass is 79.9. The number of nitrogens with two attached hydrogens (primary N) is 1. The Morgan fingerprint density at radius 2 is 2.14 bits per heavy atom. The van der Waals surface area contributed by atoms with Gasteiger partial charge in [-0.2, -0.15) is 0 Å². The molecular weight excluding hydrogens is 379 g/mol. The Morgan fingerprint density at radius 3 is 2.82 bits per heavy atom. The molecule has 1 aromatic heterocycles. The van der Waals surface area contributed by atoms with Gasteiger partial charge >= 0.3 is 0 Å². The Labute approximate surface area is 135 Å². The van der Waals surface area contributed by atoms with E-state index in [0.717, 1.165) is 4.78 Å². The number of ether oxygens (including phenoxy) is 1. The second-order valence-electron chi connectivity index (χ2n) is 4.15. The molecule has 0 radical (unpaired) electrons. The van der Waals surface area contributed by atoms with Crippen molar-refractivity contribution in [1.29, 1.82) is 0 Å². The fourth-order valence-electron chi connectivity index (χ4n) is 1.78. The second-order valence-corrected chi connectivity index (χ2v) is 5.60. The molecule has 116 valence electrons. The molecular formula is C13H11BrF2N3O2P. The van der Waals surface area contributed by atoms with Crippen LogP contribution in [0, 0.1) is 0 Å². The summed E-state index contributed by atoms with van der Waals surface area (Å²) in [5.74, 6) is 5.46. The van der Waals surface area contributed by atoms with Gasteiger partial charge in [-0.25, -0.2) is 29.0 Å². The van der Waals surface area contributed by atoms with Gasteiger partial charge in [0.2, 0.25) is 5.88 Å². The van der Waals surface area contributed by atoms with Crippen LogP contribution >= 0.6 is 24.5 Å². The van der Waals surface area contributed by atoms with Crippen LogP contribution in [-0.4, -0.2) is 4.98 Å². The summed E-state index contributed by atoms with van der Waals surface area (Å²) in [5.41, 5.74) is 0.724. The summed E-state index contributed by atoms with van der Waals surface area (Å²) in [4.78, 5) is 3.81. The standard InChI is InChI=1S/C13H11BrF2N3O2P/c14-10-4-1-5-11(19(17)22-20)9(10)7-21-13-8(12(15)16)3-2-6-18-13/h1-6,12H,7,17H2. The molecule has 0 unspecified atom stereocenters. The van der Waals surface area contributed by atoms with Gasteiger partial charge in [0.25, 0.3) is 15.0 Å². The normalized spacial score (nSPS) is 11.0. The van der Waals surface area contributed by atoms with E-state index < -0.39 is 15.0 Å². The first-order chi connectivity index (χ1) is 10.5. The monoisotopic (exact) mass is 389 g/mol. The maximum atomic E-state index is 12.9. The molecule has 0 aliphatic rings. The van der Waals surface area contributed by atoms with Gasteiger partial charge in [-0.05, 0) is 24.3 Å². The number of aromatic nitrogens is 1. The number of halogens is 3. The number of pyridine rings is 1. The molecule has 0 fully saturated rings. The molecule has 2 rings (SSSR count). The van der Waals surface area contributed by atoms with Crippen molar-refractivity contribution in [2.75, 3.05) is 4.78 Å². The summed E-state index contributed by atoms with van der Waals surface area (Å²) >= 11 is 3.33. The third-order valence-corrected chi connectivity index (χ3v) is 3.95. The van der Waals surface area contributed by atoms with Crippen LogP contribution in [0.25, 0.3) is 0 Å². The minimum atomic E-state index is -2.69. The maximum absolute atomic E-state index is 12.9. The fraction of sp³-hybridized carbons (Fsp3) is 0.154. The highest BCUT2D eigenvalue weighted by molar-refractivity contribution is 9.10. The lowest BCUT2D eigenvalue weighted by Crippen LogP contribution is -2.21. The van der Waals surface area contributed by atoms with Crippen molar-refractivity contribution >= 4 is 30.2 Å². The van der Waals surface area contributed by atoms with Crippen molar-refractivity contribution in [3.63, 3.8) is 0 Å². The van der Waals surface area contributed by atoms with Crippen LogP contribution < -0.4 is 15.4 Å². The Morgan fingerprint density at radius 1 is 1.36 bits per heavy atom. The van der Waals surface area contributed by atoms with E-state index in [2.05, 4.69) is 20.9 Å². The molecule has 0 atom stereocenters. The zero-order valence-electron chi connectivity index (χ0n) is 11.1. The van der Waals surface area contributed by atoms with Crippen LogP contribution in [0.1, 0.15) is 17.6 Å².